The lowest BCUT2D eigenvalue weighted by Gasteiger charge is -2.40. The zero-order chi connectivity index (χ0) is 18.9. The van der Waals surface area contributed by atoms with Crippen LogP contribution < -0.4 is 16.0 Å². The maximum Gasteiger partial charge on any atom is 0.255 e. The van der Waals surface area contributed by atoms with E-state index in [0.717, 1.165) is 5.69 Å². The summed E-state index contributed by atoms with van der Waals surface area (Å²) in [5, 5.41) is 9.31. The minimum Gasteiger partial charge on any atom is -0.362 e. The van der Waals surface area contributed by atoms with Crippen molar-refractivity contribution >= 4 is 23.4 Å². The Morgan fingerprint density at radius 1 is 1.15 bits per heavy atom. The molecule has 0 aromatic heterocycles. The molecule has 3 rings (SSSR count). The van der Waals surface area contributed by atoms with Gasteiger partial charge in [-0.25, -0.2) is 0 Å². The number of amides is 3. The Balaban J connectivity index is 1.76. The number of carbonyl (C=O) groups excluding carboxylic acids is 3. The van der Waals surface area contributed by atoms with Crippen LogP contribution in [0.4, 0.5) is 5.69 Å². The van der Waals surface area contributed by atoms with Crippen molar-refractivity contribution in [2.45, 2.75) is 57.8 Å². The minimum atomic E-state index is -0.663. The second-order valence-corrected chi connectivity index (χ2v) is 7.38. The molecule has 0 unspecified atom stereocenters. The van der Waals surface area contributed by atoms with Crippen LogP contribution in [0.1, 0.15) is 50.4 Å². The van der Waals surface area contributed by atoms with Gasteiger partial charge >= 0.3 is 0 Å². The van der Waals surface area contributed by atoms with Gasteiger partial charge in [0.05, 0.1) is 5.56 Å². The molecule has 0 saturated carbocycles. The standard InChI is InChI=1S/C19H26N4O3/c1-12(2)20-17(25)13(3)23-11-10-19(9-8-16(23)24)21-15-7-5-4-6-14(15)18(26)22-19/h4-7,12-13,21H,8-11H2,1-3H3,(H,20,25)(H,22,26)/t13-,19-/m0/s1. The van der Waals surface area contributed by atoms with E-state index < -0.39 is 11.7 Å². The van der Waals surface area contributed by atoms with Gasteiger partial charge in [0.15, 0.2) is 0 Å². The molecule has 1 fully saturated rings. The molecule has 1 aromatic rings. The zero-order valence-corrected chi connectivity index (χ0v) is 15.5. The van der Waals surface area contributed by atoms with Crippen LogP contribution in [-0.2, 0) is 9.59 Å². The number of anilines is 1. The summed E-state index contributed by atoms with van der Waals surface area (Å²) < 4.78 is 0. The summed E-state index contributed by atoms with van der Waals surface area (Å²) in [6, 6.07) is 6.84. The van der Waals surface area contributed by atoms with Crippen molar-refractivity contribution in [3.05, 3.63) is 29.8 Å². The fraction of sp³-hybridized carbons (Fsp3) is 0.526. The summed E-state index contributed by atoms with van der Waals surface area (Å²) >= 11 is 0. The molecule has 1 aromatic carbocycles. The van der Waals surface area contributed by atoms with Gasteiger partial charge in [-0.3, -0.25) is 14.4 Å². The van der Waals surface area contributed by atoms with Gasteiger partial charge in [0, 0.05) is 31.1 Å². The molecule has 0 bridgehead atoms. The van der Waals surface area contributed by atoms with E-state index in [2.05, 4.69) is 16.0 Å². The Morgan fingerprint density at radius 3 is 2.62 bits per heavy atom. The molecule has 2 aliphatic heterocycles. The number of nitrogens with one attached hydrogen (secondary N) is 3. The smallest absolute Gasteiger partial charge is 0.255 e. The second kappa shape index (κ2) is 6.97. The monoisotopic (exact) mass is 358 g/mol. The van der Waals surface area contributed by atoms with E-state index in [1.54, 1.807) is 17.9 Å². The molecular formula is C19H26N4O3. The third kappa shape index (κ3) is 3.52. The summed E-state index contributed by atoms with van der Waals surface area (Å²) in [5.41, 5.74) is 0.724. The van der Waals surface area contributed by atoms with Crippen LogP contribution in [0.15, 0.2) is 24.3 Å². The number of fused-ring (bicyclic) bond motifs is 1. The molecule has 2 aliphatic rings. The summed E-state index contributed by atoms with van der Waals surface area (Å²) in [7, 11) is 0. The molecule has 0 radical (unpaired) electrons. The van der Waals surface area contributed by atoms with Crippen LogP contribution >= 0.6 is 0 Å². The number of carbonyl (C=O) groups is 3. The summed E-state index contributed by atoms with van der Waals surface area (Å²) in [6.07, 6.45) is 1.30. The number of hydrogen-bond acceptors (Lipinski definition) is 4. The van der Waals surface area contributed by atoms with Gasteiger partial charge < -0.3 is 20.9 Å². The first-order valence-electron chi connectivity index (χ1n) is 9.11. The zero-order valence-electron chi connectivity index (χ0n) is 15.5. The lowest BCUT2D eigenvalue weighted by atomic mass is 9.95. The Kier molecular flexibility index (Phi) is 4.89. The summed E-state index contributed by atoms with van der Waals surface area (Å²) in [5.74, 6) is -0.357. The lowest BCUT2D eigenvalue weighted by Crippen LogP contribution is -2.58. The average molecular weight is 358 g/mol. The van der Waals surface area contributed by atoms with E-state index in [1.165, 1.54) is 0 Å². The molecule has 3 N–H and O–H groups in total. The highest BCUT2D eigenvalue weighted by molar-refractivity contribution is 6.02. The molecule has 26 heavy (non-hydrogen) atoms. The number of rotatable bonds is 3. The Labute approximate surface area is 153 Å². The van der Waals surface area contributed by atoms with Gasteiger partial charge in [0.1, 0.15) is 11.7 Å². The van der Waals surface area contributed by atoms with Crippen molar-refractivity contribution in [3.8, 4) is 0 Å². The summed E-state index contributed by atoms with van der Waals surface area (Å²) in [6.45, 7) is 5.93. The topological polar surface area (TPSA) is 90.5 Å². The predicted molar refractivity (Wildman–Crippen MR) is 98.6 cm³/mol. The molecule has 7 heteroatoms. The Hall–Kier alpha value is -2.57. The third-order valence-corrected chi connectivity index (χ3v) is 5.04. The fourth-order valence-corrected chi connectivity index (χ4v) is 3.60. The molecule has 2 atom stereocenters. The van der Waals surface area contributed by atoms with E-state index in [0.29, 0.717) is 24.9 Å². The lowest BCUT2D eigenvalue weighted by molar-refractivity contribution is -0.139. The van der Waals surface area contributed by atoms with Crippen LogP contribution in [0.5, 0.6) is 0 Å². The van der Waals surface area contributed by atoms with E-state index in [4.69, 9.17) is 0 Å². The Bertz CT molecular complexity index is 733. The highest BCUT2D eigenvalue weighted by Crippen LogP contribution is 2.31. The van der Waals surface area contributed by atoms with Crippen LogP contribution in [0.25, 0.3) is 0 Å². The molecule has 1 saturated heterocycles. The van der Waals surface area contributed by atoms with E-state index in [-0.39, 0.29) is 30.2 Å². The third-order valence-electron chi connectivity index (χ3n) is 5.04. The largest absolute Gasteiger partial charge is 0.362 e. The molecule has 3 amide bonds. The first-order valence-corrected chi connectivity index (χ1v) is 9.11. The minimum absolute atomic E-state index is 0.0224. The molecular weight excluding hydrogens is 332 g/mol. The number of hydrogen-bond donors (Lipinski definition) is 3. The van der Waals surface area contributed by atoms with Crippen molar-refractivity contribution in [1.29, 1.82) is 0 Å². The van der Waals surface area contributed by atoms with Gasteiger partial charge in [-0.2, -0.15) is 0 Å². The predicted octanol–water partition coefficient (Wildman–Crippen LogP) is 1.46. The van der Waals surface area contributed by atoms with Crippen molar-refractivity contribution in [2.24, 2.45) is 0 Å². The Morgan fingerprint density at radius 2 is 1.88 bits per heavy atom. The number of para-hydroxylation sites is 1. The van der Waals surface area contributed by atoms with Crippen LogP contribution in [0.3, 0.4) is 0 Å². The van der Waals surface area contributed by atoms with Crippen molar-refractivity contribution in [3.63, 3.8) is 0 Å². The van der Waals surface area contributed by atoms with Gasteiger partial charge in [-0.1, -0.05) is 12.1 Å². The molecule has 0 aliphatic carbocycles. The number of benzene rings is 1. The van der Waals surface area contributed by atoms with Gasteiger partial charge in [-0.05, 0) is 39.3 Å². The first kappa shape index (κ1) is 18.2. The maximum absolute atomic E-state index is 12.6. The van der Waals surface area contributed by atoms with Crippen LogP contribution in [0.2, 0.25) is 0 Å². The molecule has 7 nitrogen and oxygen atoms in total. The highest BCUT2D eigenvalue weighted by Gasteiger charge is 2.41. The molecule has 140 valence electrons. The number of likely N-dealkylation sites (tertiary alicyclic amines) is 1. The number of nitrogens with zero attached hydrogens (tertiary/aromatic N) is 1. The first-order chi connectivity index (χ1) is 12.3. The van der Waals surface area contributed by atoms with Crippen molar-refractivity contribution in [2.75, 3.05) is 11.9 Å². The maximum atomic E-state index is 12.6. The second-order valence-electron chi connectivity index (χ2n) is 7.38. The van der Waals surface area contributed by atoms with Gasteiger partial charge in [0.2, 0.25) is 11.8 Å². The van der Waals surface area contributed by atoms with Crippen molar-refractivity contribution in [1.82, 2.24) is 15.5 Å². The fourth-order valence-electron chi connectivity index (χ4n) is 3.60. The normalized spacial score (nSPS) is 23.8. The van der Waals surface area contributed by atoms with Crippen LogP contribution in [-0.4, -0.2) is 46.9 Å². The van der Waals surface area contributed by atoms with Gasteiger partial charge in [-0.15, -0.1) is 0 Å². The quantitative estimate of drug-likeness (QED) is 0.763. The average Bonchev–Trinajstić information content (AvgIpc) is 2.73. The van der Waals surface area contributed by atoms with Crippen LogP contribution in [0, 0.1) is 0 Å². The SMILES string of the molecule is CC(C)NC(=O)[C@H](C)N1CC[C@]2(CCC1=O)NC(=O)c1ccccc1N2. The van der Waals surface area contributed by atoms with Crippen molar-refractivity contribution < 1.29 is 14.4 Å². The molecule has 1 spiro atoms. The van der Waals surface area contributed by atoms with E-state index in [1.807, 2.05) is 32.0 Å². The van der Waals surface area contributed by atoms with Gasteiger partial charge in [0.25, 0.3) is 5.91 Å². The van der Waals surface area contributed by atoms with E-state index >= 15 is 0 Å². The summed E-state index contributed by atoms with van der Waals surface area (Å²) in [4.78, 5) is 39.0. The molecule has 2 heterocycles. The van der Waals surface area contributed by atoms with E-state index in [9.17, 15) is 14.4 Å². The highest BCUT2D eigenvalue weighted by atomic mass is 16.2.